The van der Waals surface area contributed by atoms with Gasteiger partial charge in [-0.15, -0.1) is 6.42 Å². The minimum absolute atomic E-state index is 0.0366. The number of terminal acetylenes is 1. The summed E-state index contributed by atoms with van der Waals surface area (Å²) in [5.74, 6) is 5.67. The Hall–Kier alpha value is -3.08. The molecule has 8 nitrogen and oxygen atoms in total. The Morgan fingerprint density at radius 2 is 1.82 bits per heavy atom. The van der Waals surface area contributed by atoms with Crippen LogP contribution in [0.2, 0.25) is 0 Å². The highest BCUT2D eigenvalue weighted by molar-refractivity contribution is 5.90. The quantitative estimate of drug-likeness (QED) is 0.679. The lowest BCUT2D eigenvalue weighted by atomic mass is 9.43. The first-order chi connectivity index (χ1) is 15.9. The lowest BCUT2D eigenvalue weighted by Crippen LogP contribution is -2.61. The first-order valence-corrected chi connectivity index (χ1v) is 12.0. The van der Waals surface area contributed by atoms with Gasteiger partial charge in [0.15, 0.2) is 5.82 Å². The summed E-state index contributed by atoms with van der Waals surface area (Å²) in [7, 11) is 1.78. The molecule has 0 amide bonds. The maximum absolute atomic E-state index is 13.9. The van der Waals surface area contributed by atoms with Crippen molar-refractivity contribution in [1.82, 2.24) is 19.1 Å². The van der Waals surface area contributed by atoms with Crippen LogP contribution in [-0.2, 0) is 6.42 Å². The zero-order valence-electron chi connectivity index (χ0n) is 19.1. The van der Waals surface area contributed by atoms with Crippen LogP contribution in [0.4, 0.5) is 5.82 Å². The van der Waals surface area contributed by atoms with E-state index in [1.807, 2.05) is 11.5 Å². The molecular formula is C25H27N5O3. The zero-order chi connectivity index (χ0) is 22.8. The number of nitrogens with zero attached hydrogens (tertiary/aromatic N) is 4. The Balaban J connectivity index is 1.42. The molecule has 8 heteroatoms. The molecule has 0 radical (unpaired) electrons. The SMILES string of the molecule is C#Cc1c(NC)nc2n1C(=O)C1CCC3C(=O)n4c(nc5c4C[C@@H](C)O5)C4CC[C@H]2C1C34C. The molecule has 5 aliphatic rings. The van der Waals surface area contributed by atoms with Crippen LogP contribution in [0.1, 0.15) is 84.0 Å². The van der Waals surface area contributed by atoms with Gasteiger partial charge in [-0.3, -0.25) is 18.7 Å². The summed E-state index contributed by atoms with van der Waals surface area (Å²) in [5.41, 5.74) is 1.11. The molecule has 3 aliphatic heterocycles. The highest BCUT2D eigenvalue weighted by Crippen LogP contribution is 2.68. The van der Waals surface area contributed by atoms with E-state index in [9.17, 15) is 9.59 Å². The van der Waals surface area contributed by atoms with E-state index in [0.717, 1.165) is 36.6 Å². The maximum atomic E-state index is 13.9. The third-order valence-electron chi connectivity index (χ3n) is 9.35. The molecule has 0 spiro atoms. The normalized spacial score (nSPS) is 37.4. The van der Waals surface area contributed by atoms with Gasteiger partial charge in [-0.05, 0) is 49.9 Å². The second-order valence-corrected chi connectivity index (χ2v) is 10.6. The number of nitrogens with one attached hydrogen (secondary N) is 1. The first kappa shape index (κ1) is 19.4. The lowest BCUT2D eigenvalue weighted by molar-refractivity contribution is -0.0707. The molecule has 2 aromatic heterocycles. The molecule has 1 N–H and O–H groups in total. The summed E-state index contributed by atoms with van der Waals surface area (Å²) in [6.07, 6.45) is 9.78. The largest absolute Gasteiger partial charge is 0.473 e. The molecule has 2 aliphatic carbocycles. The predicted octanol–water partition coefficient (Wildman–Crippen LogP) is 3.04. The van der Waals surface area contributed by atoms with Crippen molar-refractivity contribution in [2.45, 2.75) is 63.9 Å². The Bertz CT molecular complexity index is 1300. The fraction of sp³-hybridized carbons (Fsp3) is 0.600. The third kappa shape index (κ3) is 2.06. The van der Waals surface area contributed by atoms with Gasteiger partial charge in [-0.1, -0.05) is 6.92 Å². The predicted molar refractivity (Wildman–Crippen MR) is 120 cm³/mol. The molecule has 2 aromatic rings. The second-order valence-electron chi connectivity index (χ2n) is 10.6. The average molecular weight is 446 g/mol. The van der Waals surface area contributed by atoms with Crippen LogP contribution in [0.5, 0.6) is 5.88 Å². The van der Waals surface area contributed by atoms with Crippen LogP contribution in [0.25, 0.3) is 0 Å². The molecule has 2 fully saturated rings. The van der Waals surface area contributed by atoms with E-state index < -0.39 is 0 Å². The number of fused-ring (bicyclic) bond motifs is 6. The van der Waals surface area contributed by atoms with E-state index in [1.165, 1.54) is 0 Å². The molecule has 0 bridgehead atoms. The second kappa shape index (κ2) is 6.07. The summed E-state index contributed by atoms with van der Waals surface area (Å²) in [6.45, 7) is 4.25. The number of anilines is 1. The Kier molecular flexibility index (Phi) is 3.57. The van der Waals surface area contributed by atoms with Gasteiger partial charge >= 0.3 is 0 Å². The van der Waals surface area contributed by atoms with Crippen molar-refractivity contribution in [2.75, 3.05) is 12.4 Å². The highest BCUT2D eigenvalue weighted by atomic mass is 16.5. The van der Waals surface area contributed by atoms with Crippen LogP contribution >= 0.6 is 0 Å². The van der Waals surface area contributed by atoms with E-state index >= 15 is 0 Å². The van der Waals surface area contributed by atoms with Crippen molar-refractivity contribution >= 4 is 17.6 Å². The van der Waals surface area contributed by atoms with Gasteiger partial charge < -0.3 is 10.1 Å². The zero-order valence-corrected chi connectivity index (χ0v) is 19.1. The van der Waals surface area contributed by atoms with Gasteiger partial charge in [0.25, 0.3) is 0 Å². The van der Waals surface area contributed by atoms with Gasteiger partial charge in [0.1, 0.15) is 23.4 Å². The van der Waals surface area contributed by atoms with E-state index in [-0.39, 0.29) is 52.9 Å². The number of imidazole rings is 2. The third-order valence-corrected chi connectivity index (χ3v) is 9.35. The van der Waals surface area contributed by atoms with E-state index in [0.29, 0.717) is 30.2 Å². The standard InChI is InChI=1S/C25H27N5O3/c1-5-16-19(26-4)27-20-12-6-8-14-21-28-22-17(10-11(2)33-22)30(21)24(32)15-9-7-13(23(31)29(16)20)18(12)25(14,15)3/h1,11-15,18,26H,6-10H2,2-4H3/t11-,12+,13?,14?,15?,18?,25?/m1/s1. The van der Waals surface area contributed by atoms with Crippen LogP contribution in [0, 0.1) is 35.5 Å². The molecule has 0 saturated heterocycles. The van der Waals surface area contributed by atoms with E-state index in [4.69, 9.17) is 21.1 Å². The number of carbonyl (C=O) groups is 2. The van der Waals surface area contributed by atoms with Gasteiger partial charge in [-0.2, -0.15) is 4.98 Å². The monoisotopic (exact) mass is 445 g/mol. The summed E-state index contributed by atoms with van der Waals surface area (Å²) in [6, 6.07) is 0. The smallest absolute Gasteiger partial charge is 0.236 e. The Labute approximate surface area is 192 Å². The molecule has 7 atom stereocenters. The molecule has 33 heavy (non-hydrogen) atoms. The van der Waals surface area contributed by atoms with Gasteiger partial charge in [0.05, 0.1) is 5.69 Å². The number of aromatic nitrogens is 4. The van der Waals surface area contributed by atoms with Gasteiger partial charge in [-0.25, -0.2) is 4.98 Å². The van der Waals surface area contributed by atoms with Crippen LogP contribution in [0.3, 0.4) is 0 Å². The van der Waals surface area contributed by atoms with Crippen LogP contribution < -0.4 is 10.1 Å². The Morgan fingerprint density at radius 3 is 2.58 bits per heavy atom. The van der Waals surface area contributed by atoms with Crippen molar-refractivity contribution in [3.63, 3.8) is 0 Å². The summed E-state index contributed by atoms with van der Waals surface area (Å²) < 4.78 is 9.51. The minimum Gasteiger partial charge on any atom is -0.473 e. The molecule has 0 aromatic carbocycles. The molecule has 5 unspecified atom stereocenters. The number of hydrogen-bond acceptors (Lipinski definition) is 6. The number of rotatable bonds is 1. The van der Waals surface area contributed by atoms with Crippen LogP contribution in [-0.4, -0.2) is 44.1 Å². The van der Waals surface area contributed by atoms with Crippen molar-refractivity contribution < 1.29 is 14.3 Å². The number of ether oxygens (including phenoxy) is 1. The molecule has 5 heterocycles. The molecule has 170 valence electrons. The van der Waals surface area contributed by atoms with E-state index in [1.54, 1.807) is 11.6 Å². The summed E-state index contributed by atoms with van der Waals surface area (Å²) in [4.78, 5) is 37.4. The summed E-state index contributed by atoms with van der Waals surface area (Å²) >= 11 is 0. The lowest BCUT2D eigenvalue weighted by Gasteiger charge is -2.61. The minimum atomic E-state index is -0.341. The van der Waals surface area contributed by atoms with Crippen molar-refractivity contribution in [3.05, 3.63) is 23.0 Å². The fourth-order valence-corrected chi connectivity index (χ4v) is 8.14. The first-order valence-electron chi connectivity index (χ1n) is 12.0. The van der Waals surface area contributed by atoms with Crippen LogP contribution in [0.15, 0.2) is 0 Å². The fourth-order valence-electron chi connectivity index (χ4n) is 8.14. The molecule has 2 saturated carbocycles. The van der Waals surface area contributed by atoms with Crippen molar-refractivity contribution in [1.29, 1.82) is 0 Å². The topological polar surface area (TPSA) is 91.0 Å². The summed E-state index contributed by atoms with van der Waals surface area (Å²) in [5, 5.41) is 3.07. The molecule has 7 rings (SSSR count). The maximum Gasteiger partial charge on any atom is 0.236 e. The van der Waals surface area contributed by atoms with Crippen molar-refractivity contribution in [2.24, 2.45) is 23.2 Å². The van der Waals surface area contributed by atoms with Crippen molar-refractivity contribution in [3.8, 4) is 18.2 Å². The number of hydrogen-bond donors (Lipinski definition) is 1. The Morgan fingerprint density at radius 1 is 1.06 bits per heavy atom. The van der Waals surface area contributed by atoms with Gasteiger partial charge in [0.2, 0.25) is 17.7 Å². The van der Waals surface area contributed by atoms with Gasteiger partial charge in [0, 0.05) is 37.1 Å². The van der Waals surface area contributed by atoms with E-state index in [2.05, 4.69) is 18.2 Å². The molecular weight excluding hydrogens is 418 g/mol. The highest BCUT2D eigenvalue weighted by Gasteiger charge is 2.66. The number of carbonyl (C=O) groups excluding carboxylic acids is 2. The average Bonchev–Trinajstić information content (AvgIpc) is 3.44.